The van der Waals surface area contributed by atoms with Crippen molar-refractivity contribution in [2.24, 2.45) is 0 Å². The predicted octanol–water partition coefficient (Wildman–Crippen LogP) is 3.50. The first-order valence-electron chi connectivity index (χ1n) is 5.45. The van der Waals surface area contributed by atoms with Gasteiger partial charge in [-0.1, -0.05) is 17.7 Å². The summed E-state index contributed by atoms with van der Waals surface area (Å²) in [4.78, 5) is 7.88. The number of benzene rings is 1. The van der Waals surface area contributed by atoms with Crippen LogP contribution in [0.2, 0.25) is 5.02 Å². The van der Waals surface area contributed by atoms with Crippen molar-refractivity contribution in [3.63, 3.8) is 0 Å². The van der Waals surface area contributed by atoms with Gasteiger partial charge in [0.2, 0.25) is 5.95 Å². The zero-order valence-electron chi connectivity index (χ0n) is 10.3. The van der Waals surface area contributed by atoms with Gasteiger partial charge in [-0.15, -0.1) is 0 Å². The van der Waals surface area contributed by atoms with E-state index in [-0.39, 0.29) is 16.5 Å². The molecule has 19 heavy (non-hydrogen) atoms. The van der Waals surface area contributed by atoms with Crippen LogP contribution in [0.5, 0.6) is 0 Å². The summed E-state index contributed by atoms with van der Waals surface area (Å²) in [6.07, 6.45) is 1.34. The highest BCUT2D eigenvalue weighted by Crippen LogP contribution is 2.28. The first kappa shape index (κ1) is 13.5. The van der Waals surface area contributed by atoms with Crippen LogP contribution in [0.4, 0.5) is 26.2 Å². The van der Waals surface area contributed by atoms with Crippen molar-refractivity contribution < 1.29 is 8.78 Å². The maximum absolute atomic E-state index is 13.9. The van der Waals surface area contributed by atoms with Crippen LogP contribution in [0, 0.1) is 18.6 Å². The monoisotopic (exact) mass is 284 g/mol. The van der Waals surface area contributed by atoms with Crippen LogP contribution in [0.3, 0.4) is 0 Å². The van der Waals surface area contributed by atoms with E-state index in [1.165, 1.54) is 18.3 Å². The number of hydrogen-bond donors (Lipinski definition) is 2. The Balaban J connectivity index is 2.44. The van der Waals surface area contributed by atoms with E-state index in [1.807, 2.05) is 0 Å². The Hall–Kier alpha value is -1.95. The van der Waals surface area contributed by atoms with Crippen molar-refractivity contribution in [2.45, 2.75) is 6.92 Å². The molecule has 0 saturated carbocycles. The summed E-state index contributed by atoms with van der Waals surface area (Å²) in [6, 6.07) is 2.53. The molecule has 0 amide bonds. The molecule has 0 bridgehead atoms. The minimum Gasteiger partial charge on any atom is -0.357 e. The molecule has 0 saturated heterocycles. The third kappa shape index (κ3) is 2.73. The zero-order chi connectivity index (χ0) is 14.0. The van der Waals surface area contributed by atoms with E-state index in [1.54, 1.807) is 14.0 Å². The van der Waals surface area contributed by atoms with Crippen LogP contribution in [-0.4, -0.2) is 17.0 Å². The molecule has 0 aliphatic rings. The molecule has 1 heterocycles. The van der Waals surface area contributed by atoms with Gasteiger partial charge in [0.15, 0.2) is 11.6 Å². The number of hydrogen-bond acceptors (Lipinski definition) is 4. The standard InChI is InChI=1S/C12H11ClF2N4/c1-6-3-4-8(14)10(9(6)15)18-11-7(13)5-17-12(16-2)19-11/h3-5H,1-2H3,(H2,16,17,18,19). The van der Waals surface area contributed by atoms with Gasteiger partial charge in [-0.2, -0.15) is 4.98 Å². The van der Waals surface area contributed by atoms with Crippen molar-refractivity contribution in [2.75, 3.05) is 17.7 Å². The Morgan fingerprint density at radius 1 is 1.26 bits per heavy atom. The summed E-state index contributed by atoms with van der Waals surface area (Å²) in [6.45, 7) is 1.54. The molecule has 0 fully saturated rings. The van der Waals surface area contributed by atoms with Crippen molar-refractivity contribution in [1.29, 1.82) is 0 Å². The molecule has 7 heteroatoms. The van der Waals surface area contributed by atoms with Gasteiger partial charge in [-0.3, -0.25) is 0 Å². The molecule has 0 atom stereocenters. The van der Waals surface area contributed by atoms with E-state index >= 15 is 0 Å². The fourth-order valence-corrected chi connectivity index (χ4v) is 1.60. The summed E-state index contributed by atoms with van der Waals surface area (Å²) >= 11 is 5.89. The van der Waals surface area contributed by atoms with E-state index in [0.29, 0.717) is 11.5 Å². The predicted molar refractivity (Wildman–Crippen MR) is 71.0 cm³/mol. The minimum absolute atomic E-state index is 0.129. The van der Waals surface area contributed by atoms with Gasteiger partial charge in [-0.05, 0) is 18.6 Å². The fourth-order valence-electron chi connectivity index (χ4n) is 1.46. The summed E-state index contributed by atoms with van der Waals surface area (Å²) < 4.78 is 27.5. The highest BCUT2D eigenvalue weighted by molar-refractivity contribution is 6.32. The van der Waals surface area contributed by atoms with E-state index in [0.717, 1.165) is 0 Å². The molecular formula is C12H11ClF2N4. The second-order valence-electron chi connectivity index (χ2n) is 3.82. The van der Waals surface area contributed by atoms with Gasteiger partial charge in [0.1, 0.15) is 16.5 Å². The molecule has 0 aliphatic carbocycles. The summed E-state index contributed by atoms with van der Waals surface area (Å²) in [5.74, 6) is -0.978. The molecule has 0 aliphatic heterocycles. The molecule has 1 aromatic heterocycles. The van der Waals surface area contributed by atoms with Crippen LogP contribution >= 0.6 is 11.6 Å². The lowest BCUT2D eigenvalue weighted by Crippen LogP contribution is -2.04. The second kappa shape index (κ2) is 5.36. The number of rotatable bonds is 3. The molecule has 4 nitrogen and oxygen atoms in total. The quantitative estimate of drug-likeness (QED) is 0.906. The first-order valence-corrected chi connectivity index (χ1v) is 5.82. The Kier molecular flexibility index (Phi) is 3.80. The molecule has 100 valence electrons. The number of nitrogens with one attached hydrogen (secondary N) is 2. The summed E-state index contributed by atoms with van der Waals surface area (Å²) in [5, 5.41) is 5.43. The highest BCUT2D eigenvalue weighted by Gasteiger charge is 2.14. The molecule has 0 spiro atoms. The van der Waals surface area contributed by atoms with Crippen LogP contribution in [0.1, 0.15) is 5.56 Å². The Labute approximate surface area is 113 Å². The molecule has 0 radical (unpaired) electrons. The largest absolute Gasteiger partial charge is 0.357 e. The van der Waals surface area contributed by atoms with Crippen LogP contribution in [0.15, 0.2) is 18.3 Å². The SMILES string of the molecule is CNc1ncc(Cl)c(Nc2c(F)ccc(C)c2F)n1. The third-order valence-electron chi connectivity index (χ3n) is 2.50. The molecule has 1 aromatic carbocycles. The van der Waals surface area contributed by atoms with Gasteiger partial charge in [-0.25, -0.2) is 13.8 Å². The first-order chi connectivity index (χ1) is 9.02. The van der Waals surface area contributed by atoms with E-state index in [4.69, 9.17) is 11.6 Å². The Bertz CT molecular complexity index is 619. The summed E-state index contributed by atoms with van der Waals surface area (Å²) in [5.41, 5.74) is 0.0329. The smallest absolute Gasteiger partial charge is 0.224 e. The van der Waals surface area contributed by atoms with Crippen LogP contribution in [-0.2, 0) is 0 Å². The lowest BCUT2D eigenvalue weighted by Gasteiger charge is -2.11. The van der Waals surface area contributed by atoms with Gasteiger partial charge in [0, 0.05) is 7.05 Å². The lowest BCUT2D eigenvalue weighted by atomic mass is 10.2. The minimum atomic E-state index is -0.719. The number of anilines is 3. The molecule has 2 rings (SSSR count). The lowest BCUT2D eigenvalue weighted by molar-refractivity contribution is 0.584. The van der Waals surface area contributed by atoms with E-state index < -0.39 is 11.6 Å². The topological polar surface area (TPSA) is 49.8 Å². The Morgan fingerprint density at radius 3 is 2.68 bits per heavy atom. The van der Waals surface area contributed by atoms with Crippen molar-refractivity contribution in [3.05, 3.63) is 40.6 Å². The summed E-state index contributed by atoms with van der Waals surface area (Å²) in [7, 11) is 1.63. The number of aromatic nitrogens is 2. The van der Waals surface area contributed by atoms with Gasteiger partial charge in [0.25, 0.3) is 0 Å². The molecule has 2 N–H and O–H groups in total. The van der Waals surface area contributed by atoms with Crippen LogP contribution < -0.4 is 10.6 Å². The van der Waals surface area contributed by atoms with Crippen LogP contribution in [0.25, 0.3) is 0 Å². The van der Waals surface area contributed by atoms with Gasteiger partial charge in [0.05, 0.1) is 6.20 Å². The average molecular weight is 285 g/mol. The maximum atomic E-state index is 13.9. The van der Waals surface area contributed by atoms with Crippen molar-refractivity contribution >= 4 is 29.1 Å². The maximum Gasteiger partial charge on any atom is 0.224 e. The molecule has 2 aromatic rings. The highest BCUT2D eigenvalue weighted by atomic mass is 35.5. The van der Waals surface area contributed by atoms with E-state index in [2.05, 4.69) is 20.6 Å². The molecular weight excluding hydrogens is 274 g/mol. The Morgan fingerprint density at radius 2 is 2.00 bits per heavy atom. The zero-order valence-corrected chi connectivity index (χ0v) is 11.0. The van der Waals surface area contributed by atoms with E-state index in [9.17, 15) is 8.78 Å². The number of aryl methyl sites for hydroxylation is 1. The second-order valence-corrected chi connectivity index (χ2v) is 4.23. The normalized spacial score (nSPS) is 10.4. The average Bonchev–Trinajstić information content (AvgIpc) is 2.41. The van der Waals surface area contributed by atoms with Gasteiger partial charge < -0.3 is 10.6 Å². The third-order valence-corrected chi connectivity index (χ3v) is 2.77. The molecule has 0 unspecified atom stereocenters. The number of nitrogens with zero attached hydrogens (tertiary/aromatic N) is 2. The van der Waals surface area contributed by atoms with Gasteiger partial charge >= 0.3 is 0 Å². The number of halogens is 3. The fraction of sp³-hybridized carbons (Fsp3) is 0.167. The van der Waals surface area contributed by atoms with Crippen molar-refractivity contribution in [3.8, 4) is 0 Å². The van der Waals surface area contributed by atoms with Crippen molar-refractivity contribution in [1.82, 2.24) is 9.97 Å².